The highest BCUT2D eigenvalue weighted by molar-refractivity contribution is 7.99. The largest absolute Gasteiger partial charge is 0.481 e. The van der Waals surface area contributed by atoms with Crippen LogP contribution in [0, 0.1) is 6.92 Å². The normalized spacial score (nSPS) is 12.3. The zero-order valence-corrected chi connectivity index (χ0v) is 12.4. The molecular formula is C15H18N2O2S. The number of aromatic nitrogens is 2. The first-order valence-corrected chi connectivity index (χ1v) is 7.55. The topological polar surface area (TPSA) is 55.1 Å². The average Bonchev–Trinajstić information content (AvgIpc) is 2.80. The van der Waals surface area contributed by atoms with Crippen molar-refractivity contribution in [1.29, 1.82) is 0 Å². The Balaban J connectivity index is 2.32. The van der Waals surface area contributed by atoms with E-state index in [9.17, 15) is 4.79 Å². The lowest BCUT2D eigenvalue weighted by Gasteiger charge is -2.19. The molecular weight excluding hydrogens is 272 g/mol. The third kappa shape index (κ3) is 3.42. The fourth-order valence-corrected chi connectivity index (χ4v) is 3.01. The van der Waals surface area contributed by atoms with Gasteiger partial charge in [-0.1, -0.05) is 49.0 Å². The van der Waals surface area contributed by atoms with Crippen molar-refractivity contribution in [3.8, 4) is 0 Å². The predicted molar refractivity (Wildman–Crippen MR) is 80.2 cm³/mol. The third-order valence-electron chi connectivity index (χ3n) is 3.05. The molecule has 0 aliphatic carbocycles. The molecule has 1 aromatic carbocycles. The maximum atomic E-state index is 10.7. The number of carbonyl (C=O) groups is 1. The molecule has 0 saturated carbocycles. The van der Waals surface area contributed by atoms with Crippen molar-refractivity contribution in [2.75, 3.05) is 5.75 Å². The first kappa shape index (κ1) is 14.7. The van der Waals surface area contributed by atoms with Gasteiger partial charge in [-0.05, 0) is 18.9 Å². The van der Waals surface area contributed by atoms with Crippen molar-refractivity contribution in [2.45, 2.75) is 31.5 Å². The summed E-state index contributed by atoms with van der Waals surface area (Å²) >= 11 is 1.27. The van der Waals surface area contributed by atoms with Crippen LogP contribution in [-0.2, 0) is 4.79 Å². The molecule has 1 unspecified atom stereocenters. The maximum Gasteiger partial charge on any atom is 0.313 e. The Morgan fingerprint density at radius 2 is 2.10 bits per heavy atom. The smallest absolute Gasteiger partial charge is 0.313 e. The van der Waals surface area contributed by atoms with E-state index in [1.165, 1.54) is 17.3 Å². The monoisotopic (exact) mass is 290 g/mol. The lowest BCUT2D eigenvalue weighted by molar-refractivity contribution is -0.133. The number of nitrogens with zero attached hydrogens (tertiary/aromatic N) is 2. The van der Waals surface area contributed by atoms with Crippen molar-refractivity contribution >= 4 is 17.7 Å². The van der Waals surface area contributed by atoms with Crippen molar-refractivity contribution in [1.82, 2.24) is 9.55 Å². The van der Waals surface area contributed by atoms with Gasteiger partial charge in [0.2, 0.25) is 0 Å². The van der Waals surface area contributed by atoms with Crippen molar-refractivity contribution in [3.05, 3.63) is 47.8 Å². The quantitative estimate of drug-likeness (QED) is 0.829. The van der Waals surface area contributed by atoms with Gasteiger partial charge in [-0.15, -0.1) is 0 Å². The molecule has 1 heterocycles. The lowest BCUT2D eigenvalue weighted by atomic mass is 10.0. The van der Waals surface area contributed by atoms with Gasteiger partial charge in [0, 0.05) is 6.20 Å². The molecule has 1 aromatic heterocycles. The molecule has 0 bridgehead atoms. The summed E-state index contributed by atoms with van der Waals surface area (Å²) in [6, 6.07) is 10.4. The highest BCUT2D eigenvalue weighted by Gasteiger charge is 2.17. The van der Waals surface area contributed by atoms with E-state index in [1.807, 2.05) is 31.3 Å². The van der Waals surface area contributed by atoms with E-state index in [0.717, 1.165) is 17.3 Å². The van der Waals surface area contributed by atoms with Crippen LogP contribution < -0.4 is 0 Å². The van der Waals surface area contributed by atoms with Gasteiger partial charge in [0.15, 0.2) is 5.16 Å². The Kier molecular flexibility index (Phi) is 4.84. The Bertz CT molecular complexity index is 581. The number of carboxylic acid groups (broad SMARTS) is 1. The van der Waals surface area contributed by atoms with E-state index < -0.39 is 5.97 Å². The number of hydrogen-bond acceptors (Lipinski definition) is 3. The standard InChI is InChI=1S/C15H18N2O2S/c1-3-13(12-7-5-4-6-8-12)17-9-11(2)16-15(17)20-10-14(18)19/h4-9,13H,3,10H2,1-2H3,(H,18,19). The van der Waals surface area contributed by atoms with Gasteiger partial charge < -0.3 is 9.67 Å². The van der Waals surface area contributed by atoms with Crippen molar-refractivity contribution in [3.63, 3.8) is 0 Å². The molecule has 2 rings (SSSR count). The lowest BCUT2D eigenvalue weighted by Crippen LogP contribution is -2.11. The number of carboxylic acids is 1. The minimum atomic E-state index is -0.824. The van der Waals surface area contributed by atoms with Gasteiger partial charge in [-0.25, -0.2) is 4.98 Å². The number of rotatable bonds is 6. The first-order chi connectivity index (χ1) is 9.61. The zero-order valence-electron chi connectivity index (χ0n) is 11.6. The molecule has 106 valence electrons. The Morgan fingerprint density at radius 1 is 1.40 bits per heavy atom. The summed E-state index contributed by atoms with van der Waals surface area (Å²) in [5.41, 5.74) is 2.12. The van der Waals surface area contributed by atoms with Crippen molar-refractivity contribution in [2.24, 2.45) is 0 Å². The molecule has 4 nitrogen and oxygen atoms in total. The average molecular weight is 290 g/mol. The van der Waals surface area contributed by atoms with Gasteiger partial charge in [-0.3, -0.25) is 4.79 Å². The summed E-state index contributed by atoms with van der Waals surface area (Å²) in [5.74, 6) is -0.795. The number of imidazole rings is 1. The fraction of sp³-hybridized carbons (Fsp3) is 0.333. The SMILES string of the molecule is CCC(c1ccccc1)n1cc(C)nc1SCC(=O)O. The number of benzene rings is 1. The van der Waals surface area contributed by atoms with E-state index in [1.54, 1.807) is 0 Å². The molecule has 1 N–H and O–H groups in total. The van der Waals surface area contributed by atoms with Crippen LogP contribution in [0.2, 0.25) is 0 Å². The number of hydrogen-bond donors (Lipinski definition) is 1. The van der Waals surface area contributed by atoms with Crippen LogP contribution in [0.5, 0.6) is 0 Å². The van der Waals surface area contributed by atoms with Crippen LogP contribution in [-0.4, -0.2) is 26.4 Å². The van der Waals surface area contributed by atoms with E-state index in [-0.39, 0.29) is 11.8 Å². The highest BCUT2D eigenvalue weighted by Crippen LogP contribution is 2.28. The van der Waals surface area contributed by atoms with Gasteiger partial charge in [0.25, 0.3) is 0 Å². The minimum absolute atomic E-state index is 0.0294. The van der Waals surface area contributed by atoms with Crippen LogP contribution in [0.3, 0.4) is 0 Å². The second-order valence-corrected chi connectivity index (χ2v) is 5.53. The van der Waals surface area contributed by atoms with Gasteiger partial charge in [-0.2, -0.15) is 0 Å². The molecule has 0 aliphatic heterocycles. The molecule has 0 aliphatic rings. The van der Waals surface area contributed by atoms with Crippen molar-refractivity contribution < 1.29 is 9.90 Å². The summed E-state index contributed by atoms with van der Waals surface area (Å²) in [5, 5.41) is 9.59. The fourth-order valence-electron chi connectivity index (χ4n) is 2.22. The summed E-state index contributed by atoms with van der Waals surface area (Å²) in [7, 11) is 0. The molecule has 0 radical (unpaired) electrons. The number of aliphatic carboxylic acids is 1. The van der Waals surface area contributed by atoms with E-state index in [0.29, 0.717) is 0 Å². The Labute approximate surface area is 122 Å². The molecule has 0 fully saturated rings. The van der Waals surface area contributed by atoms with Gasteiger partial charge in [0.1, 0.15) is 0 Å². The Hall–Kier alpha value is -1.75. The third-order valence-corrected chi connectivity index (χ3v) is 4.00. The molecule has 20 heavy (non-hydrogen) atoms. The van der Waals surface area contributed by atoms with Crippen LogP contribution in [0.15, 0.2) is 41.7 Å². The highest BCUT2D eigenvalue weighted by atomic mass is 32.2. The van der Waals surface area contributed by atoms with E-state index in [2.05, 4.69) is 28.6 Å². The van der Waals surface area contributed by atoms with Crippen LogP contribution in [0.1, 0.15) is 30.6 Å². The molecule has 1 atom stereocenters. The maximum absolute atomic E-state index is 10.7. The van der Waals surface area contributed by atoms with Crippen LogP contribution >= 0.6 is 11.8 Å². The molecule has 0 amide bonds. The number of aryl methyl sites for hydroxylation is 1. The molecule has 5 heteroatoms. The summed E-state index contributed by atoms with van der Waals surface area (Å²) < 4.78 is 2.08. The Morgan fingerprint density at radius 3 is 2.70 bits per heavy atom. The molecule has 0 spiro atoms. The summed E-state index contributed by atoms with van der Waals surface area (Å²) in [6.45, 7) is 4.05. The van der Waals surface area contributed by atoms with E-state index in [4.69, 9.17) is 5.11 Å². The predicted octanol–water partition coefficient (Wildman–Crippen LogP) is 3.37. The van der Waals surface area contributed by atoms with E-state index >= 15 is 0 Å². The van der Waals surface area contributed by atoms with Gasteiger partial charge in [0.05, 0.1) is 17.5 Å². The summed E-state index contributed by atoms with van der Waals surface area (Å²) in [6.07, 6.45) is 2.92. The summed E-state index contributed by atoms with van der Waals surface area (Å²) in [4.78, 5) is 15.2. The van der Waals surface area contributed by atoms with Crippen LogP contribution in [0.4, 0.5) is 0 Å². The minimum Gasteiger partial charge on any atom is -0.481 e. The number of thioether (sulfide) groups is 1. The second-order valence-electron chi connectivity index (χ2n) is 4.59. The molecule has 0 saturated heterocycles. The zero-order chi connectivity index (χ0) is 14.5. The first-order valence-electron chi connectivity index (χ1n) is 6.56. The van der Waals surface area contributed by atoms with Gasteiger partial charge >= 0.3 is 5.97 Å². The van der Waals surface area contributed by atoms with Crippen LogP contribution in [0.25, 0.3) is 0 Å². The second kappa shape index (κ2) is 6.61. The molecule has 2 aromatic rings.